The standard InChI is InChI=1S/C25H25.C10H17Si.CH2.2ClH.Zr/c1-14-12-24(3,4)22-8-16-7-17-9-23-19(15(2)13-25(23,5)6)11-21(17)20(16)10-18(14)22;1-8-6-9(2)10(7-8)11(3,4)5;;;;/h8-12H,7H2,1-6H3;7-8H,1-5H3;1H2;2*1H;/q2*-1;;;;+2/p-2. The van der Waals surface area contributed by atoms with E-state index in [1.807, 2.05) is 0 Å². The van der Waals surface area contributed by atoms with Crippen LogP contribution in [0.4, 0.5) is 0 Å². The predicted molar refractivity (Wildman–Crippen MR) is 167 cm³/mol. The molecule has 2 aromatic carbocycles. The van der Waals surface area contributed by atoms with Gasteiger partial charge in [-0.2, -0.15) is 11.6 Å². The average molecular weight is 667 g/mol. The molecule has 212 valence electrons. The van der Waals surface area contributed by atoms with E-state index in [1.165, 1.54) is 85.5 Å². The topological polar surface area (TPSA) is 0 Å². The first-order chi connectivity index (χ1) is 17.6. The molecule has 0 aromatic heterocycles. The molecule has 2 aromatic rings. The first-order valence-corrected chi connectivity index (χ1v) is 19.2. The van der Waals surface area contributed by atoms with Gasteiger partial charge in [-0.3, -0.25) is 12.2 Å². The molecule has 1 unspecified atom stereocenters. The third kappa shape index (κ3) is 6.32. The maximum atomic E-state index is 3.65. The number of benzene rings is 2. The predicted octanol–water partition coefficient (Wildman–Crippen LogP) is 3.61. The Morgan fingerprint density at radius 3 is 1.80 bits per heavy atom. The summed E-state index contributed by atoms with van der Waals surface area (Å²) in [6.07, 6.45) is 12.9. The number of allylic oxidation sites excluding steroid dienone is 8. The van der Waals surface area contributed by atoms with E-state index in [9.17, 15) is 0 Å². The van der Waals surface area contributed by atoms with Gasteiger partial charge in [-0.25, -0.2) is 16.3 Å². The summed E-state index contributed by atoms with van der Waals surface area (Å²) in [6.45, 7) is 25.2. The van der Waals surface area contributed by atoms with Gasteiger partial charge < -0.3 is 24.8 Å². The van der Waals surface area contributed by atoms with Crippen molar-refractivity contribution in [2.24, 2.45) is 5.92 Å². The van der Waals surface area contributed by atoms with Crippen molar-refractivity contribution in [3.05, 3.63) is 92.7 Å². The van der Waals surface area contributed by atoms with E-state index in [0.29, 0.717) is 5.92 Å². The molecule has 0 bridgehead atoms. The average Bonchev–Trinajstić information content (AvgIpc) is 3.48. The molecular formula is C36H44Cl2SiZr-2. The zero-order valence-corrected chi connectivity index (χ0v) is 31.2. The van der Waals surface area contributed by atoms with Crippen molar-refractivity contribution in [3.63, 3.8) is 0 Å². The molecule has 0 saturated carbocycles. The van der Waals surface area contributed by atoms with Crippen LogP contribution in [0, 0.1) is 18.1 Å². The summed E-state index contributed by atoms with van der Waals surface area (Å²) in [7, 11) is -1.07. The van der Waals surface area contributed by atoms with Gasteiger partial charge in [0.2, 0.25) is 0 Å². The normalized spacial score (nSPS) is 19.9. The molecule has 40 heavy (non-hydrogen) atoms. The number of halogens is 2. The van der Waals surface area contributed by atoms with Gasteiger partial charge in [0.1, 0.15) is 0 Å². The SMILES string of the molecule is CC1=[C-]C(C)(C)c2cc3c(cc21)-c1cc2c(cc1C3)C(C)(C)C=C2C.CC1=[C-]C(C)C=C1[Si](C)(C)C.[CH2]=[Zr+2].[Cl-].[Cl-]. The van der Waals surface area contributed by atoms with E-state index in [4.69, 9.17) is 0 Å². The van der Waals surface area contributed by atoms with E-state index in [2.05, 4.69) is 128 Å². The molecule has 0 N–H and O–H groups in total. The third-order valence-electron chi connectivity index (χ3n) is 8.50. The van der Waals surface area contributed by atoms with Gasteiger partial charge in [0.15, 0.2) is 0 Å². The van der Waals surface area contributed by atoms with Gasteiger partial charge in [-0.1, -0.05) is 97.6 Å². The number of hydrogen-bond acceptors (Lipinski definition) is 0. The molecule has 0 saturated heterocycles. The molecule has 4 aliphatic rings. The van der Waals surface area contributed by atoms with E-state index in [0.717, 1.165) is 6.42 Å². The van der Waals surface area contributed by atoms with Crippen molar-refractivity contribution in [1.29, 1.82) is 0 Å². The fourth-order valence-corrected chi connectivity index (χ4v) is 8.87. The van der Waals surface area contributed by atoms with Gasteiger partial charge in [-0.15, -0.1) is 11.6 Å². The molecular weight excluding hydrogens is 623 g/mol. The van der Waals surface area contributed by atoms with Crippen molar-refractivity contribution < 1.29 is 49.0 Å². The summed E-state index contributed by atoms with van der Waals surface area (Å²) in [6, 6.07) is 9.81. The van der Waals surface area contributed by atoms with Crippen LogP contribution in [0.25, 0.3) is 22.3 Å². The molecule has 0 amide bonds. The largest absolute Gasteiger partial charge is 1.00 e. The number of fused-ring (bicyclic) bond motifs is 5. The molecule has 4 heteroatoms. The second-order valence-corrected chi connectivity index (χ2v) is 18.6. The molecule has 0 aliphatic heterocycles. The maximum absolute atomic E-state index is 3.65. The van der Waals surface area contributed by atoms with Gasteiger partial charge in [-0.05, 0) is 66.4 Å². The Kier molecular flexibility index (Phi) is 10.8. The van der Waals surface area contributed by atoms with Crippen molar-refractivity contribution >= 4 is 23.4 Å². The summed E-state index contributed by atoms with van der Waals surface area (Å²) in [4.78, 5) is 0. The molecule has 4 aliphatic carbocycles. The Morgan fingerprint density at radius 2 is 1.32 bits per heavy atom. The Balaban J connectivity index is 0.000000320. The monoisotopic (exact) mass is 664 g/mol. The van der Waals surface area contributed by atoms with E-state index in [1.54, 1.807) is 5.20 Å². The van der Waals surface area contributed by atoms with Crippen LogP contribution in [-0.2, 0) is 41.5 Å². The zero-order chi connectivity index (χ0) is 28.4. The molecule has 0 fully saturated rings. The Labute approximate surface area is 272 Å². The Hall–Kier alpha value is -1.05. The van der Waals surface area contributed by atoms with Gasteiger partial charge in [0, 0.05) is 5.41 Å². The molecule has 6 rings (SSSR count). The van der Waals surface area contributed by atoms with Gasteiger partial charge in [0.05, 0.1) is 0 Å². The zero-order valence-electron chi connectivity index (χ0n) is 26.2. The van der Waals surface area contributed by atoms with Crippen LogP contribution in [-0.4, -0.2) is 12.3 Å². The summed E-state index contributed by atoms with van der Waals surface area (Å²) in [5.74, 6) is 0.553. The Morgan fingerprint density at radius 1 is 0.800 bits per heavy atom. The van der Waals surface area contributed by atoms with E-state index >= 15 is 0 Å². The van der Waals surface area contributed by atoms with Gasteiger partial charge in [0.25, 0.3) is 0 Å². The quantitative estimate of drug-likeness (QED) is 0.275. The third-order valence-corrected chi connectivity index (χ3v) is 10.7. The molecule has 0 nitrogen and oxygen atoms in total. The van der Waals surface area contributed by atoms with Crippen LogP contribution in [0.15, 0.2) is 47.2 Å². The van der Waals surface area contributed by atoms with Crippen LogP contribution in [0.2, 0.25) is 19.6 Å². The molecule has 0 radical (unpaired) electrons. The van der Waals surface area contributed by atoms with Crippen LogP contribution in [0.3, 0.4) is 0 Å². The minimum absolute atomic E-state index is 0. The van der Waals surface area contributed by atoms with Crippen molar-refractivity contribution in [2.45, 2.75) is 92.3 Å². The van der Waals surface area contributed by atoms with Crippen LogP contribution < -0.4 is 24.8 Å². The summed E-state index contributed by atoms with van der Waals surface area (Å²) in [5.41, 5.74) is 15.9. The van der Waals surface area contributed by atoms with Crippen LogP contribution in [0.5, 0.6) is 0 Å². The second kappa shape index (κ2) is 12.3. The summed E-state index contributed by atoms with van der Waals surface area (Å²) < 4.78 is 3.34. The van der Waals surface area contributed by atoms with Crippen molar-refractivity contribution in [3.8, 4) is 11.1 Å². The number of hydrogen-bond donors (Lipinski definition) is 0. The first-order valence-electron chi connectivity index (χ1n) is 13.9. The fourth-order valence-electron chi connectivity index (χ4n) is 6.92. The van der Waals surface area contributed by atoms with E-state index in [-0.39, 0.29) is 35.6 Å². The molecule has 1 atom stereocenters. The summed E-state index contributed by atoms with van der Waals surface area (Å²) in [5, 5.41) is 1.60. The molecule has 0 heterocycles. The van der Waals surface area contributed by atoms with Gasteiger partial charge >= 0.3 is 28.4 Å². The van der Waals surface area contributed by atoms with Crippen molar-refractivity contribution in [1.82, 2.24) is 0 Å². The maximum Gasteiger partial charge on any atom is -1.00 e. The van der Waals surface area contributed by atoms with Crippen molar-refractivity contribution in [2.75, 3.05) is 0 Å². The fraction of sp³-hybridized carbons (Fsp3) is 0.417. The smallest absolute Gasteiger partial charge is 1.00 e. The first kappa shape index (κ1) is 35.1. The van der Waals surface area contributed by atoms with Crippen LogP contribution >= 0.6 is 0 Å². The molecule has 0 spiro atoms. The second-order valence-electron chi connectivity index (χ2n) is 13.6. The minimum Gasteiger partial charge on any atom is -1.00 e. The Bertz CT molecular complexity index is 1360. The van der Waals surface area contributed by atoms with Crippen LogP contribution in [0.1, 0.15) is 88.8 Å². The minimum atomic E-state index is -1.07. The summed E-state index contributed by atoms with van der Waals surface area (Å²) >= 11 is 1.30. The van der Waals surface area contributed by atoms with E-state index < -0.39 is 8.07 Å². The number of rotatable bonds is 1.